The monoisotopic (exact) mass is 339 g/mol. The molecule has 0 aliphatic rings. The molecule has 24 heavy (non-hydrogen) atoms. The molecule has 126 valence electrons. The van der Waals surface area contributed by atoms with Gasteiger partial charge < -0.3 is 0 Å². The van der Waals surface area contributed by atoms with Crippen LogP contribution in [0.25, 0.3) is 0 Å². The summed E-state index contributed by atoms with van der Waals surface area (Å²) in [6.07, 6.45) is 5.39. The predicted octanol–water partition coefficient (Wildman–Crippen LogP) is 6.06. The van der Waals surface area contributed by atoms with Gasteiger partial charge in [-0.2, -0.15) is 0 Å². The van der Waals surface area contributed by atoms with Gasteiger partial charge in [0.2, 0.25) is 5.78 Å². The number of hydrogen-bond acceptors (Lipinski definition) is 3. The Labute approximate surface area is 149 Å². The smallest absolute Gasteiger partial charge is 0.206 e. The summed E-state index contributed by atoms with van der Waals surface area (Å²) >= 11 is 1.70. The number of rotatable bonds is 9. The lowest BCUT2D eigenvalue weighted by Crippen LogP contribution is -2.14. The normalized spacial score (nSPS) is 11.5. The molecule has 0 aromatic heterocycles. The summed E-state index contributed by atoms with van der Waals surface area (Å²) in [5.41, 5.74) is 1.41. The number of unbranched alkanes of at least 4 members (excludes halogenated alkanes) is 3. The molecule has 2 aromatic rings. The van der Waals surface area contributed by atoms with Gasteiger partial charge in [-0.15, -0.1) is 0 Å². The standard InChI is InChI=1S/C21H25NOS/c1-3-4-5-9-12-20(22-2)21(23)17-13-15-19(16-14-17)24-18-10-7-6-8-11-18/h6-8,10-11,13-16H,3-5,9,12H2,1-2H3. The lowest BCUT2D eigenvalue weighted by molar-refractivity contribution is 0.106. The van der Waals surface area contributed by atoms with Crippen LogP contribution >= 0.6 is 11.8 Å². The topological polar surface area (TPSA) is 29.4 Å². The molecular weight excluding hydrogens is 314 g/mol. The van der Waals surface area contributed by atoms with E-state index in [1.807, 2.05) is 42.5 Å². The Morgan fingerprint density at radius 2 is 1.58 bits per heavy atom. The molecule has 0 amide bonds. The highest BCUT2D eigenvalue weighted by Crippen LogP contribution is 2.27. The third-order valence-electron chi connectivity index (χ3n) is 3.89. The Balaban J connectivity index is 1.97. The zero-order chi connectivity index (χ0) is 17.2. The van der Waals surface area contributed by atoms with E-state index < -0.39 is 0 Å². The van der Waals surface area contributed by atoms with Crippen LogP contribution in [0.4, 0.5) is 0 Å². The Bertz CT molecular complexity index is 662. The van der Waals surface area contributed by atoms with Crippen LogP contribution in [0.1, 0.15) is 49.4 Å². The third kappa shape index (κ3) is 5.64. The van der Waals surface area contributed by atoms with E-state index in [0.717, 1.165) is 29.7 Å². The Hall–Kier alpha value is -1.87. The maximum atomic E-state index is 12.6. The average Bonchev–Trinajstić information content (AvgIpc) is 2.63. The highest BCUT2D eigenvalue weighted by Gasteiger charge is 2.13. The summed E-state index contributed by atoms with van der Waals surface area (Å²) in [6.45, 7) is 2.19. The largest absolute Gasteiger partial charge is 0.289 e. The minimum absolute atomic E-state index is 0.0604. The maximum absolute atomic E-state index is 12.6. The van der Waals surface area contributed by atoms with Gasteiger partial charge in [0.05, 0.1) is 5.71 Å². The van der Waals surface area contributed by atoms with Crippen LogP contribution in [0.15, 0.2) is 69.4 Å². The number of hydrogen-bond donors (Lipinski definition) is 0. The van der Waals surface area contributed by atoms with Crippen LogP contribution in [0.2, 0.25) is 0 Å². The molecule has 0 saturated carbocycles. The van der Waals surface area contributed by atoms with Gasteiger partial charge in [-0.25, -0.2) is 0 Å². The summed E-state index contributed by atoms with van der Waals surface area (Å²) in [7, 11) is 1.71. The molecule has 0 fully saturated rings. The zero-order valence-electron chi connectivity index (χ0n) is 14.5. The van der Waals surface area contributed by atoms with E-state index in [9.17, 15) is 4.79 Å². The quantitative estimate of drug-likeness (QED) is 0.315. The van der Waals surface area contributed by atoms with Gasteiger partial charge in [-0.1, -0.05) is 56.1 Å². The summed E-state index contributed by atoms with van der Waals surface area (Å²) in [4.78, 5) is 19.1. The molecule has 0 aliphatic heterocycles. The van der Waals surface area contributed by atoms with Crippen LogP contribution in [0.3, 0.4) is 0 Å². The first-order chi connectivity index (χ1) is 11.7. The van der Waals surface area contributed by atoms with Crippen molar-refractivity contribution in [2.45, 2.75) is 48.8 Å². The van der Waals surface area contributed by atoms with Gasteiger partial charge in [0.25, 0.3) is 0 Å². The van der Waals surface area contributed by atoms with Crippen molar-refractivity contribution in [1.82, 2.24) is 0 Å². The highest BCUT2D eigenvalue weighted by molar-refractivity contribution is 7.99. The first-order valence-electron chi connectivity index (χ1n) is 8.58. The molecule has 2 aromatic carbocycles. The van der Waals surface area contributed by atoms with Crippen molar-refractivity contribution in [3.05, 3.63) is 60.2 Å². The minimum atomic E-state index is 0.0604. The predicted molar refractivity (Wildman–Crippen MR) is 103 cm³/mol. The molecule has 0 N–H and O–H groups in total. The van der Waals surface area contributed by atoms with Gasteiger partial charge in [-0.05, 0) is 49.2 Å². The fourth-order valence-corrected chi connectivity index (χ4v) is 3.35. The number of nitrogens with zero attached hydrogens (tertiary/aromatic N) is 1. The molecule has 0 atom stereocenters. The van der Waals surface area contributed by atoms with E-state index in [1.165, 1.54) is 17.7 Å². The molecular formula is C21H25NOS. The molecule has 2 nitrogen and oxygen atoms in total. The van der Waals surface area contributed by atoms with E-state index in [2.05, 4.69) is 24.0 Å². The van der Waals surface area contributed by atoms with E-state index >= 15 is 0 Å². The average molecular weight is 340 g/mol. The maximum Gasteiger partial charge on any atom is 0.206 e. The highest BCUT2D eigenvalue weighted by atomic mass is 32.2. The van der Waals surface area contributed by atoms with Crippen LogP contribution in [-0.4, -0.2) is 18.5 Å². The van der Waals surface area contributed by atoms with Crippen LogP contribution in [0, 0.1) is 0 Å². The second-order valence-electron chi connectivity index (χ2n) is 5.75. The Morgan fingerprint density at radius 1 is 0.917 bits per heavy atom. The first-order valence-corrected chi connectivity index (χ1v) is 9.39. The van der Waals surface area contributed by atoms with Crippen LogP contribution < -0.4 is 0 Å². The molecule has 0 aliphatic carbocycles. The fraction of sp³-hybridized carbons (Fsp3) is 0.333. The summed E-state index contributed by atoms with van der Waals surface area (Å²) in [5, 5.41) is 0. The molecule has 2 rings (SSSR count). The van der Waals surface area contributed by atoms with Crippen molar-refractivity contribution < 1.29 is 4.79 Å². The minimum Gasteiger partial charge on any atom is -0.289 e. The lowest BCUT2D eigenvalue weighted by atomic mass is 10.0. The SMILES string of the molecule is CCCCCCC(=NC)C(=O)c1ccc(Sc2ccccc2)cc1. The lowest BCUT2D eigenvalue weighted by Gasteiger charge is -2.06. The van der Waals surface area contributed by atoms with Gasteiger partial charge in [0, 0.05) is 22.4 Å². The first kappa shape index (κ1) is 18.5. The molecule has 3 heteroatoms. The number of benzene rings is 2. The van der Waals surface area contributed by atoms with Crippen molar-refractivity contribution >= 4 is 23.3 Å². The summed E-state index contributed by atoms with van der Waals surface area (Å²) in [5.74, 6) is 0.0604. The van der Waals surface area contributed by atoms with Gasteiger partial charge in [0.1, 0.15) is 0 Å². The third-order valence-corrected chi connectivity index (χ3v) is 4.91. The van der Waals surface area contributed by atoms with Crippen LogP contribution in [0.5, 0.6) is 0 Å². The van der Waals surface area contributed by atoms with Crippen molar-refractivity contribution in [2.24, 2.45) is 4.99 Å². The number of aliphatic imine (C=N–C) groups is 1. The van der Waals surface area contributed by atoms with Crippen LogP contribution in [-0.2, 0) is 0 Å². The second-order valence-corrected chi connectivity index (χ2v) is 6.90. The molecule has 0 saturated heterocycles. The molecule has 0 bridgehead atoms. The van der Waals surface area contributed by atoms with Crippen molar-refractivity contribution in [1.29, 1.82) is 0 Å². The Morgan fingerprint density at radius 3 is 2.21 bits per heavy atom. The molecule has 0 radical (unpaired) electrons. The Kier molecular flexibility index (Phi) is 7.76. The van der Waals surface area contributed by atoms with Gasteiger partial charge >= 0.3 is 0 Å². The van der Waals surface area contributed by atoms with Gasteiger partial charge in [0.15, 0.2) is 0 Å². The van der Waals surface area contributed by atoms with E-state index in [0.29, 0.717) is 5.71 Å². The molecule has 0 spiro atoms. The van der Waals surface area contributed by atoms with Crippen molar-refractivity contribution in [3.63, 3.8) is 0 Å². The second kappa shape index (κ2) is 10.1. The summed E-state index contributed by atoms with van der Waals surface area (Å²) in [6, 6.07) is 18.1. The van der Waals surface area contributed by atoms with E-state index in [4.69, 9.17) is 0 Å². The number of carbonyl (C=O) groups is 1. The van der Waals surface area contributed by atoms with E-state index in [1.54, 1.807) is 18.8 Å². The fourth-order valence-electron chi connectivity index (χ4n) is 2.51. The summed E-state index contributed by atoms with van der Waals surface area (Å²) < 4.78 is 0. The van der Waals surface area contributed by atoms with Crippen molar-refractivity contribution in [3.8, 4) is 0 Å². The molecule has 0 heterocycles. The van der Waals surface area contributed by atoms with Gasteiger partial charge in [-0.3, -0.25) is 9.79 Å². The number of ketones is 1. The molecule has 0 unspecified atom stereocenters. The van der Waals surface area contributed by atoms with E-state index in [-0.39, 0.29) is 5.78 Å². The number of carbonyl (C=O) groups excluding carboxylic acids is 1. The number of Topliss-reactive ketones (excluding diaryl/α,β-unsaturated/α-hetero) is 1. The van der Waals surface area contributed by atoms with Crippen molar-refractivity contribution in [2.75, 3.05) is 7.05 Å². The zero-order valence-corrected chi connectivity index (χ0v) is 15.3.